The zero-order valence-corrected chi connectivity index (χ0v) is 16.0. The standard InChI is InChI=1S/C17H13ClN4O5S/c1-26-14-7-6-10(22(24)25)8-13(14)19-15(23)9-28-17-21-20-16(27-17)11-4-2-3-5-12(11)18/h2-8H,9H2,1H3,(H,19,23). The molecule has 9 nitrogen and oxygen atoms in total. The van der Waals surface area contributed by atoms with Crippen LogP contribution in [0.3, 0.4) is 0 Å². The SMILES string of the molecule is COc1ccc([N+](=O)[O-])cc1NC(=O)CSc1nnc(-c2ccccc2Cl)o1. The molecule has 0 unspecified atom stereocenters. The van der Waals surface area contributed by atoms with Crippen molar-refractivity contribution >= 4 is 40.6 Å². The number of anilines is 1. The topological polar surface area (TPSA) is 120 Å². The predicted molar refractivity (Wildman–Crippen MR) is 104 cm³/mol. The second-order valence-corrected chi connectivity index (χ2v) is 6.67. The van der Waals surface area contributed by atoms with Crippen LogP contribution in [0.25, 0.3) is 11.5 Å². The van der Waals surface area contributed by atoms with Gasteiger partial charge in [-0.2, -0.15) is 0 Å². The molecule has 144 valence electrons. The predicted octanol–water partition coefficient (Wildman–Crippen LogP) is 4.04. The summed E-state index contributed by atoms with van der Waals surface area (Å²) in [5, 5.41) is 21.9. The van der Waals surface area contributed by atoms with E-state index in [1.165, 1.54) is 25.3 Å². The van der Waals surface area contributed by atoms with Crippen molar-refractivity contribution in [1.82, 2.24) is 10.2 Å². The summed E-state index contributed by atoms with van der Waals surface area (Å²) in [6.07, 6.45) is 0. The van der Waals surface area contributed by atoms with Crippen molar-refractivity contribution in [3.05, 3.63) is 57.6 Å². The number of nitro groups is 1. The van der Waals surface area contributed by atoms with Gasteiger partial charge in [-0.3, -0.25) is 14.9 Å². The van der Waals surface area contributed by atoms with Crippen molar-refractivity contribution in [3.8, 4) is 17.2 Å². The minimum atomic E-state index is -0.557. The molecule has 28 heavy (non-hydrogen) atoms. The number of nitro benzene ring substituents is 1. The molecule has 0 atom stereocenters. The van der Waals surface area contributed by atoms with Crippen LogP contribution in [-0.2, 0) is 4.79 Å². The molecule has 0 saturated carbocycles. The fourth-order valence-electron chi connectivity index (χ4n) is 2.23. The maximum absolute atomic E-state index is 12.2. The van der Waals surface area contributed by atoms with Gasteiger partial charge < -0.3 is 14.5 Å². The first-order chi connectivity index (χ1) is 13.5. The average molecular weight is 421 g/mol. The highest BCUT2D eigenvalue weighted by atomic mass is 35.5. The first kappa shape index (κ1) is 19.6. The van der Waals surface area contributed by atoms with E-state index in [-0.39, 0.29) is 28.2 Å². The van der Waals surface area contributed by atoms with Gasteiger partial charge in [0.1, 0.15) is 5.75 Å². The number of aromatic nitrogens is 2. The Kier molecular flexibility index (Phi) is 6.12. The Morgan fingerprint density at radius 3 is 2.82 bits per heavy atom. The monoisotopic (exact) mass is 420 g/mol. The fourth-order valence-corrected chi connectivity index (χ4v) is 3.01. The van der Waals surface area contributed by atoms with Crippen molar-refractivity contribution in [2.75, 3.05) is 18.2 Å². The number of ether oxygens (including phenoxy) is 1. The van der Waals surface area contributed by atoms with Crippen molar-refractivity contribution in [2.45, 2.75) is 5.22 Å². The molecule has 0 radical (unpaired) electrons. The summed E-state index contributed by atoms with van der Waals surface area (Å²) >= 11 is 7.11. The van der Waals surface area contributed by atoms with Crippen LogP contribution < -0.4 is 10.1 Å². The third kappa shape index (κ3) is 4.59. The molecule has 1 aromatic heterocycles. The van der Waals surface area contributed by atoms with Gasteiger partial charge in [-0.25, -0.2) is 0 Å². The molecule has 2 aromatic carbocycles. The van der Waals surface area contributed by atoms with E-state index in [9.17, 15) is 14.9 Å². The third-order valence-corrected chi connectivity index (χ3v) is 4.65. The molecular formula is C17H13ClN4O5S. The molecule has 0 aliphatic carbocycles. The van der Waals surface area contributed by atoms with Crippen LogP contribution in [0.5, 0.6) is 5.75 Å². The summed E-state index contributed by atoms with van der Waals surface area (Å²) in [7, 11) is 1.40. The van der Waals surface area contributed by atoms with E-state index in [2.05, 4.69) is 15.5 Å². The number of non-ortho nitro benzene ring substituents is 1. The molecule has 0 fully saturated rings. The number of amides is 1. The number of thioether (sulfide) groups is 1. The molecule has 3 rings (SSSR count). The summed E-state index contributed by atoms with van der Waals surface area (Å²) in [6.45, 7) is 0. The Labute approximate surface area is 168 Å². The van der Waals surface area contributed by atoms with Gasteiger partial charge in [0, 0.05) is 12.1 Å². The van der Waals surface area contributed by atoms with Crippen LogP contribution in [0.15, 0.2) is 52.1 Å². The van der Waals surface area contributed by atoms with Crippen molar-refractivity contribution in [1.29, 1.82) is 0 Å². The summed E-state index contributed by atoms with van der Waals surface area (Å²) in [6, 6.07) is 10.9. The van der Waals surface area contributed by atoms with E-state index < -0.39 is 10.8 Å². The van der Waals surface area contributed by atoms with Crippen LogP contribution in [0, 0.1) is 10.1 Å². The van der Waals surface area contributed by atoms with Gasteiger partial charge in [-0.15, -0.1) is 10.2 Å². The molecule has 1 amide bonds. The number of hydrogen-bond donors (Lipinski definition) is 1. The van der Waals surface area contributed by atoms with Crippen molar-refractivity contribution in [3.63, 3.8) is 0 Å². The lowest BCUT2D eigenvalue weighted by Gasteiger charge is -2.09. The second kappa shape index (κ2) is 8.72. The minimum Gasteiger partial charge on any atom is -0.495 e. The highest BCUT2D eigenvalue weighted by molar-refractivity contribution is 7.99. The van der Waals surface area contributed by atoms with Crippen molar-refractivity contribution in [2.24, 2.45) is 0 Å². The highest BCUT2D eigenvalue weighted by Gasteiger charge is 2.16. The number of nitrogens with one attached hydrogen (secondary N) is 1. The summed E-state index contributed by atoms with van der Waals surface area (Å²) in [4.78, 5) is 22.5. The Hall–Kier alpha value is -3.11. The van der Waals surface area contributed by atoms with E-state index in [1.807, 2.05) is 0 Å². The first-order valence-corrected chi connectivity index (χ1v) is 9.17. The number of halogens is 1. The molecule has 1 heterocycles. The zero-order chi connectivity index (χ0) is 20.1. The minimum absolute atomic E-state index is 0.0456. The molecule has 3 aromatic rings. The molecule has 0 spiro atoms. The third-order valence-electron chi connectivity index (χ3n) is 3.51. The van der Waals surface area contributed by atoms with E-state index in [1.54, 1.807) is 24.3 Å². The van der Waals surface area contributed by atoms with E-state index in [4.69, 9.17) is 20.8 Å². The molecule has 0 aliphatic rings. The molecule has 0 aliphatic heterocycles. The van der Waals surface area contributed by atoms with Gasteiger partial charge >= 0.3 is 0 Å². The van der Waals surface area contributed by atoms with Gasteiger partial charge in [0.05, 0.1) is 34.1 Å². The number of benzene rings is 2. The average Bonchev–Trinajstić information content (AvgIpc) is 3.15. The second-order valence-electron chi connectivity index (χ2n) is 5.33. The van der Waals surface area contributed by atoms with Crippen molar-refractivity contribution < 1.29 is 18.9 Å². The Morgan fingerprint density at radius 2 is 2.11 bits per heavy atom. The Bertz CT molecular complexity index is 1030. The maximum atomic E-state index is 12.2. The van der Waals surface area contributed by atoms with Crippen LogP contribution in [-0.4, -0.2) is 33.9 Å². The molecule has 0 bridgehead atoms. The van der Waals surface area contributed by atoms with E-state index in [0.717, 1.165) is 11.8 Å². The number of methoxy groups -OCH3 is 1. The number of carbonyl (C=O) groups excluding carboxylic acids is 1. The maximum Gasteiger partial charge on any atom is 0.277 e. The van der Waals surface area contributed by atoms with Gasteiger partial charge in [0.15, 0.2) is 0 Å². The van der Waals surface area contributed by atoms with Gasteiger partial charge in [0.25, 0.3) is 10.9 Å². The lowest BCUT2D eigenvalue weighted by Crippen LogP contribution is -2.14. The molecular weight excluding hydrogens is 408 g/mol. The largest absolute Gasteiger partial charge is 0.495 e. The molecule has 0 saturated heterocycles. The van der Waals surface area contributed by atoms with Crippen LogP contribution in [0.4, 0.5) is 11.4 Å². The normalized spacial score (nSPS) is 10.5. The van der Waals surface area contributed by atoms with Crippen LogP contribution >= 0.6 is 23.4 Å². The highest BCUT2D eigenvalue weighted by Crippen LogP contribution is 2.30. The van der Waals surface area contributed by atoms with Gasteiger partial charge in [0.2, 0.25) is 11.8 Å². The smallest absolute Gasteiger partial charge is 0.277 e. The Balaban J connectivity index is 1.65. The van der Waals surface area contributed by atoms with Gasteiger partial charge in [-0.05, 0) is 18.2 Å². The number of carbonyl (C=O) groups is 1. The zero-order valence-electron chi connectivity index (χ0n) is 14.4. The fraction of sp³-hybridized carbons (Fsp3) is 0.118. The summed E-state index contributed by atoms with van der Waals surface area (Å²) < 4.78 is 10.6. The first-order valence-electron chi connectivity index (χ1n) is 7.81. The number of hydrogen-bond acceptors (Lipinski definition) is 8. The summed E-state index contributed by atoms with van der Waals surface area (Å²) in [5.74, 6) is 0.0913. The van der Waals surface area contributed by atoms with E-state index in [0.29, 0.717) is 16.3 Å². The molecule has 1 N–H and O–H groups in total. The Morgan fingerprint density at radius 1 is 1.32 bits per heavy atom. The van der Waals surface area contributed by atoms with E-state index >= 15 is 0 Å². The number of rotatable bonds is 7. The number of nitrogens with zero attached hydrogens (tertiary/aromatic N) is 3. The quantitative estimate of drug-likeness (QED) is 0.345. The van der Waals surface area contributed by atoms with Crippen LogP contribution in [0.1, 0.15) is 0 Å². The lowest BCUT2D eigenvalue weighted by atomic mass is 10.2. The summed E-state index contributed by atoms with van der Waals surface area (Å²) in [5.41, 5.74) is 0.629. The lowest BCUT2D eigenvalue weighted by molar-refractivity contribution is -0.384. The van der Waals surface area contributed by atoms with Crippen LogP contribution in [0.2, 0.25) is 5.02 Å². The van der Waals surface area contributed by atoms with Gasteiger partial charge in [-0.1, -0.05) is 35.5 Å². The molecule has 11 heteroatoms.